The molecule has 2 saturated heterocycles. The van der Waals surface area contributed by atoms with Gasteiger partial charge in [-0.3, -0.25) is 14.3 Å². The van der Waals surface area contributed by atoms with Gasteiger partial charge in [0.25, 0.3) is 5.91 Å². The molecule has 7 nitrogen and oxygen atoms in total. The molecule has 2 atom stereocenters. The molecule has 0 saturated carbocycles. The van der Waals surface area contributed by atoms with Gasteiger partial charge in [-0.1, -0.05) is 18.2 Å². The molecule has 1 aromatic heterocycles. The largest absolute Gasteiger partial charge is 0.364 e. The fraction of sp³-hybridized carbons (Fsp3) is 0.421. The highest BCUT2D eigenvalue weighted by atomic mass is 16.5. The van der Waals surface area contributed by atoms with Crippen molar-refractivity contribution in [3.8, 4) is 0 Å². The van der Waals surface area contributed by atoms with E-state index in [1.807, 2.05) is 50.2 Å². The number of carbonyl (C=O) groups is 2. The third-order valence-corrected chi connectivity index (χ3v) is 5.03. The van der Waals surface area contributed by atoms with Crippen LogP contribution in [0.2, 0.25) is 0 Å². The van der Waals surface area contributed by atoms with E-state index >= 15 is 0 Å². The maximum absolute atomic E-state index is 12.8. The Morgan fingerprint density at radius 3 is 2.69 bits per heavy atom. The predicted octanol–water partition coefficient (Wildman–Crippen LogP) is 1.14. The van der Waals surface area contributed by atoms with Crippen LogP contribution in [0.25, 0.3) is 0 Å². The van der Waals surface area contributed by atoms with Gasteiger partial charge in [0, 0.05) is 24.5 Å². The minimum absolute atomic E-state index is 0.00494. The molecule has 0 spiro atoms. The average Bonchev–Trinajstić information content (AvgIpc) is 3.18. The van der Waals surface area contributed by atoms with Crippen LogP contribution < -0.4 is 4.90 Å². The van der Waals surface area contributed by atoms with Crippen molar-refractivity contribution in [2.75, 3.05) is 24.6 Å². The van der Waals surface area contributed by atoms with Gasteiger partial charge < -0.3 is 14.5 Å². The van der Waals surface area contributed by atoms with Gasteiger partial charge in [-0.05, 0) is 32.0 Å². The number of hydrogen-bond donors (Lipinski definition) is 0. The number of amides is 2. The van der Waals surface area contributed by atoms with E-state index in [1.165, 1.54) is 0 Å². The van der Waals surface area contributed by atoms with Crippen LogP contribution in [0.15, 0.2) is 36.4 Å². The highest BCUT2D eigenvalue weighted by Crippen LogP contribution is 2.28. The van der Waals surface area contributed by atoms with E-state index in [9.17, 15) is 9.59 Å². The van der Waals surface area contributed by atoms with Crippen LogP contribution >= 0.6 is 0 Å². The molecule has 1 aromatic carbocycles. The van der Waals surface area contributed by atoms with Crippen molar-refractivity contribution in [3.05, 3.63) is 47.8 Å². The number of benzene rings is 1. The number of nitrogens with zero attached hydrogens (tertiary/aromatic N) is 4. The first-order chi connectivity index (χ1) is 12.5. The number of hydrogen-bond acceptors (Lipinski definition) is 4. The van der Waals surface area contributed by atoms with Gasteiger partial charge in [0.2, 0.25) is 5.91 Å². The van der Waals surface area contributed by atoms with Gasteiger partial charge in [-0.15, -0.1) is 0 Å². The highest BCUT2D eigenvalue weighted by molar-refractivity contribution is 5.96. The molecule has 0 radical (unpaired) electrons. The van der Waals surface area contributed by atoms with Crippen molar-refractivity contribution in [2.24, 2.45) is 0 Å². The smallest absolute Gasteiger partial charge is 0.253 e. The van der Waals surface area contributed by atoms with Crippen LogP contribution in [0.1, 0.15) is 11.4 Å². The molecule has 136 valence electrons. The van der Waals surface area contributed by atoms with Crippen LogP contribution in [-0.4, -0.2) is 58.3 Å². The van der Waals surface area contributed by atoms with Crippen LogP contribution in [-0.2, 0) is 20.9 Å². The van der Waals surface area contributed by atoms with Crippen molar-refractivity contribution >= 4 is 17.5 Å². The molecule has 2 aliphatic rings. The van der Waals surface area contributed by atoms with Crippen molar-refractivity contribution in [2.45, 2.75) is 32.5 Å². The first kappa shape index (κ1) is 16.8. The number of carbonyl (C=O) groups excluding carboxylic acids is 2. The van der Waals surface area contributed by atoms with E-state index in [0.29, 0.717) is 13.1 Å². The number of rotatable bonds is 3. The Labute approximate surface area is 152 Å². The summed E-state index contributed by atoms with van der Waals surface area (Å²) in [5.41, 5.74) is 2.71. The molecule has 0 N–H and O–H groups in total. The lowest BCUT2D eigenvalue weighted by molar-refractivity contribution is -0.131. The Hall–Kier alpha value is -2.67. The van der Waals surface area contributed by atoms with Crippen molar-refractivity contribution in [1.29, 1.82) is 0 Å². The second-order valence-electron chi connectivity index (χ2n) is 6.90. The molecule has 2 fully saturated rings. The maximum Gasteiger partial charge on any atom is 0.253 e. The summed E-state index contributed by atoms with van der Waals surface area (Å²) in [5, 5.41) is 4.36. The summed E-state index contributed by atoms with van der Waals surface area (Å²) in [6.45, 7) is 5.09. The molecular weight excluding hydrogens is 332 g/mol. The zero-order chi connectivity index (χ0) is 18.3. The Kier molecular flexibility index (Phi) is 4.24. The minimum Gasteiger partial charge on any atom is -0.364 e. The summed E-state index contributed by atoms with van der Waals surface area (Å²) in [7, 11) is 0. The molecule has 26 heavy (non-hydrogen) atoms. The van der Waals surface area contributed by atoms with Crippen LogP contribution in [0, 0.1) is 13.8 Å². The van der Waals surface area contributed by atoms with E-state index in [0.717, 1.165) is 17.1 Å². The van der Waals surface area contributed by atoms with E-state index in [1.54, 1.807) is 14.5 Å². The fourth-order valence-corrected chi connectivity index (χ4v) is 3.79. The quantitative estimate of drug-likeness (QED) is 0.829. The third kappa shape index (κ3) is 2.99. The number of ether oxygens (including phenoxy) is 1. The summed E-state index contributed by atoms with van der Waals surface area (Å²) in [5.74, 6) is -0.0695. The lowest BCUT2D eigenvalue weighted by atomic mass is 10.1. The molecule has 2 aromatic rings. The molecule has 3 heterocycles. The lowest BCUT2D eigenvalue weighted by Crippen LogP contribution is -2.54. The minimum atomic E-state index is -0.155. The van der Waals surface area contributed by atoms with Gasteiger partial charge >= 0.3 is 0 Å². The molecule has 2 aliphatic heterocycles. The maximum atomic E-state index is 12.8. The Morgan fingerprint density at radius 1 is 1.23 bits per heavy atom. The SMILES string of the molecule is Cc1cc(C)n(CC(=O)N2C[C@@H]3OCC(=O)N(c4ccccc4)[C@H]3C2)n1. The topological polar surface area (TPSA) is 67.7 Å². The van der Waals surface area contributed by atoms with Crippen molar-refractivity contribution in [3.63, 3.8) is 0 Å². The molecule has 0 bridgehead atoms. The van der Waals surface area contributed by atoms with Crippen LogP contribution in [0.4, 0.5) is 5.69 Å². The predicted molar refractivity (Wildman–Crippen MR) is 95.7 cm³/mol. The highest BCUT2D eigenvalue weighted by Gasteiger charge is 2.45. The molecule has 0 unspecified atom stereocenters. The molecule has 7 heteroatoms. The summed E-state index contributed by atoms with van der Waals surface area (Å²) in [4.78, 5) is 28.7. The van der Waals surface area contributed by atoms with Gasteiger partial charge in [0.05, 0.1) is 17.8 Å². The van der Waals surface area contributed by atoms with Gasteiger partial charge in [-0.2, -0.15) is 5.10 Å². The van der Waals surface area contributed by atoms with Crippen molar-refractivity contribution < 1.29 is 14.3 Å². The Bertz CT molecular complexity index is 833. The normalized spacial score (nSPS) is 22.6. The first-order valence-corrected chi connectivity index (χ1v) is 8.80. The summed E-state index contributed by atoms with van der Waals surface area (Å²) < 4.78 is 7.44. The zero-order valence-electron chi connectivity index (χ0n) is 15.0. The number of anilines is 1. The first-order valence-electron chi connectivity index (χ1n) is 8.80. The number of aryl methyl sites for hydroxylation is 2. The molecule has 2 amide bonds. The molecule has 0 aliphatic carbocycles. The van der Waals surface area contributed by atoms with Gasteiger partial charge in [0.15, 0.2) is 0 Å². The summed E-state index contributed by atoms with van der Waals surface area (Å²) in [6.07, 6.45) is -0.155. The number of morpholine rings is 1. The zero-order valence-corrected chi connectivity index (χ0v) is 15.0. The standard InChI is InChI=1S/C19H22N4O3/c1-13-8-14(2)22(20-13)11-18(24)21-9-16-17(10-21)26-12-19(25)23(16)15-6-4-3-5-7-15/h3-8,16-17H,9-12H2,1-2H3/t16-,17-/m0/s1. The monoisotopic (exact) mass is 354 g/mol. The van der Waals surface area contributed by atoms with Gasteiger partial charge in [0.1, 0.15) is 13.2 Å². The third-order valence-electron chi connectivity index (χ3n) is 5.03. The van der Waals surface area contributed by atoms with Crippen LogP contribution in [0.5, 0.6) is 0 Å². The Balaban J connectivity index is 1.51. The second kappa shape index (κ2) is 6.57. The van der Waals surface area contributed by atoms with E-state index in [2.05, 4.69) is 5.10 Å². The molecule has 4 rings (SSSR count). The van der Waals surface area contributed by atoms with E-state index in [-0.39, 0.29) is 37.1 Å². The molecular formula is C19H22N4O3. The fourth-order valence-electron chi connectivity index (χ4n) is 3.79. The summed E-state index contributed by atoms with van der Waals surface area (Å²) >= 11 is 0. The average molecular weight is 354 g/mol. The summed E-state index contributed by atoms with van der Waals surface area (Å²) in [6, 6.07) is 11.4. The second-order valence-corrected chi connectivity index (χ2v) is 6.90. The lowest BCUT2D eigenvalue weighted by Gasteiger charge is -2.36. The van der Waals surface area contributed by atoms with Crippen molar-refractivity contribution in [1.82, 2.24) is 14.7 Å². The van der Waals surface area contributed by atoms with E-state index < -0.39 is 0 Å². The van der Waals surface area contributed by atoms with Gasteiger partial charge in [-0.25, -0.2) is 0 Å². The van der Waals surface area contributed by atoms with Crippen LogP contribution in [0.3, 0.4) is 0 Å². The Morgan fingerprint density at radius 2 is 2.00 bits per heavy atom. The van der Waals surface area contributed by atoms with E-state index in [4.69, 9.17) is 4.74 Å². The number of aromatic nitrogens is 2. The number of fused-ring (bicyclic) bond motifs is 1. The number of likely N-dealkylation sites (tertiary alicyclic amines) is 1. The number of para-hydroxylation sites is 1.